The highest BCUT2D eigenvalue weighted by atomic mass is 16.5. The number of rotatable bonds is 12. The van der Waals surface area contributed by atoms with Gasteiger partial charge in [0.1, 0.15) is 12.4 Å². The van der Waals surface area contributed by atoms with Crippen molar-refractivity contribution in [3.05, 3.63) is 95.8 Å². The molecule has 6 nitrogen and oxygen atoms in total. The minimum absolute atomic E-state index is 0.0811. The Labute approximate surface area is 201 Å². The van der Waals surface area contributed by atoms with Crippen LogP contribution in [0.1, 0.15) is 31.0 Å². The van der Waals surface area contributed by atoms with E-state index in [0.717, 1.165) is 18.7 Å². The maximum Gasteiger partial charge on any atom is 0.290 e. The molecule has 0 fully saturated rings. The number of benzene rings is 2. The highest BCUT2D eigenvalue weighted by molar-refractivity contribution is 6.14. The lowest BCUT2D eigenvalue weighted by Crippen LogP contribution is -2.38. The number of nitrogens with zero attached hydrogens (tertiary/aromatic N) is 2. The zero-order valence-corrected chi connectivity index (χ0v) is 19.8. The van der Waals surface area contributed by atoms with Crippen LogP contribution in [0.15, 0.2) is 84.7 Å². The summed E-state index contributed by atoms with van der Waals surface area (Å²) in [4.78, 5) is 30.1. The Morgan fingerprint density at radius 1 is 1.15 bits per heavy atom. The predicted molar refractivity (Wildman–Crippen MR) is 135 cm³/mol. The number of allylic oxidation sites excluding steroid dienone is 1. The normalized spacial score (nSPS) is 16.0. The van der Waals surface area contributed by atoms with E-state index in [-0.39, 0.29) is 5.57 Å². The van der Waals surface area contributed by atoms with Crippen molar-refractivity contribution in [2.75, 3.05) is 32.8 Å². The standard InChI is InChI=1S/C28H32N2O4/c1-4-19-34-23-14-10-13-22(20-23)26-25(24(31)16-15-21-11-8-7-9-12-21)27(32)28(33)30(26)18-17-29(5-2)6-3/h4,7-16,20,26,32H,1,5-6,17-19H2,2-3H3/b16-15+. The lowest BCUT2D eigenvalue weighted by atomic mass is 9.95. The minimum Gasteiger partial charge on any atom is -0.503 e. The predicted octanol–water partition coefficient (Wildman–Crippen LogP) is 4.57. The van der Waals surface area contributed by atoms with E-state index in [0.29, 0.717) is 31.0 Å². The number of amides is 1. The van der Waals surface area contributed by atoms with Gasteiger partial charge in [-0.05, 0) is 42.4 Å². The first kappa shape index (κ1) is 25.0. The summed E-state index contributed by atoms with van der Waals surface area (Å²) >= 11 is 0. The van der Waals surface area contributed by atoms with Crippen molar-refractivity contribution in [1.29, 1.82) is 0 Å². The molecule has 1 atom stereocenters. The van der Waals surface area contributed by atoms with Crippen LogP contribution >= 0.6 is 0 Å². The van der Waals surface area contributed by atoms with Gasteiger partial charge in [-0.15, -0.1) is 0 Å². The molecule has 0 saturated heterocycles. The van der Waals surface area contributed by atoms with Crippen molar-refractivity contribution < 1.29 is 19.4 Å². The van der Waals surface area contributed by atoms with Gasteiger partial charge in [-0.2, -0.15) is 0 Å². The van der Waals surface area contributed by atoms with Crippen LogP contribution in [0.4, 0.5) is 0 Å². The van der Waals surface area contributed by atoms with Crippen LogP contribution in [0.25, 0.3) is 6.08 Å². The Morgan fingerprint density at radius 3 is 2.56 bits per heavy atom. The molecule has 3 rings (SSSR count). The zero-order valence-electron chi connectivity index (χ0n) is 19.8. The maximum atomic E-state index is 13.3. The zero-order chi connectivity index (χ0) is 24.5. The highest BCUT2D eigenvalue weighted by Crippen LogP contribution is 2.39. The molecule has 2 aromatic carbocycles. The molecule has 0 saturated carbocycles. The number of carbonyl (C=O) groups excluding carboxylic acids is 2. The third-order valence-corrected chi connectivity index (χ3v) is 5.89. The molecule has 178 valence electrons. The van der Waals surface area contributed by atoms with E-state index in [9.17, 15) is 14.7 Å². The van der Waals surface area contributed by atoms with Gasteiger partial charge in [0.15, 0.2) is 11.5 Å². The fourth-order valence-corrected chi connectivity index (χ4v) is 4.03. The van der Waals surface area contributed by atoms with Crippen LogP contribution in [0.2, 0.25) is 0 Å². The molecule has 0 spiro atoms. The van der Waals surface area contributed by atoms with Gasteiger partial charge in [-0.1, -0.05) is 75.0 Å². The Kier molecular flexibility index (Phi) is 8.82. The van der Waals surface area contributed by atoms with Crippen molar-refractivity contribution in [3.63, 3.8) is 0 Å². The highest BCUT2D eigenvalue weighted by Gasteiger charge is 2.42. The van der Waals surface area contributed by atoms with Gasteiger partial charge in [0.25, 0.3) is 5.91 Å². The van der Waals surface area contributed by atoms with E-state index in [1.807, 2.05) is 48.5 Å². The number of carbonyl (C=O) groups is 2. The molecule has 1 aliphatic rings. The smallest absolute Gasteiger partial charge is 0.290 e. The van der Waals surface area contributed by atoms with Crippen molar-refractivity contribution in [1.82, 2.24) is 9.80 Å². The number of likely N-dealkylation sites (N-methyl/N-ethyl adjacent to an activating group) is 1. The first-order valence-corrected chi connectivity index (χ1v) is 11.6. The number of ketones is 1. The molecule has 1 N–H and O–H groups in total. The Balaban J connectivity index is 1.97. The van der Waals surface area contributed by atoms with E-state index in [2.05, 4.69) is 25.3 Å². The van der Waals surface area contributed by atoms with Gasteiger partial charge in [0.05, 0.1) is 11.6 Å². The van der Waals surface area contributed by atoms with E-state index in [4.69, 9.17) is 4.74 Å². The van der Waals surface area contributed by atoms with E-state index < -0.39 is 23.5 Å². The van der Waals surface area contributed by atoms with E-state index in [1.54, 1.807) is 23.1 Å². The monoisotopic (exact) mass is 460 g/mol. The van der Waals surface area contributed by atoms with Crippen LogP contribution in [0.3, 0.4) is 0 Å². The van der Waals surface area contributed by atoms with Gasteiger partial charge in [0.2, 0.25) is 0 Å². The van der Waals surface area contributed by atoms with Gasteiger partial charge < -0.3 is 19.6 Å². The molecule has 6 heteroatoms. The van der Waals surface area contributed by atoms with Gasteiger partial charge in [-0.25, -0.2) is 0 Å². The van der Waals surface area contributed by atoms with E-state index >= 15 is 0 Å². The molecule has 1 aliphatic heterocycles. The topological polar surface area (TPSA) is 70.1 Å². The number of hydrogen-bond donors (Lipinski definition) is 1. The summed E-state index contributed by atoms with van der Waals surface area (Å²) in [6.45, 7) is 10.8. The summed E-state index contributed by atoms with van der Waals surface area (Å²) in [6, 6.07) is 16.0. The van der Waals surface area contributed by atoms with Gasteiger partial charge in [0, 0.05) is 13.1 Å². The maximum absolute atomic E-state index is 13.3. The molecule has 0 aromatic heterocycles. The van der Waals surface area contributed by atoms with Crippen molar-refractivity contribution in [2.45, 2.75) is 19.9 Å². The molecular formula is C28H32N2O4. The Hall–Kier alpha value is -3.64. The Bertz CT molecular complexity index is 1070. The number of hydrogen-bond acceptors (Lipinski definition) is 5. The van der Waals surface area contributed by atoms with Crippen LogP contribution < -0.4 is 4.74 Å². The van der Waals surface area contributed by atoms with E-state index in [1.165, 1.54) is 6.08 Å². The summed E-state index contributed by atoms with van der Waals surface area (Å²) < 4.78 is 5.67. The average molecular weight is 461 g/mol. The number of ether oxygens (including phenoxy) is 1. The summed E-state index contributed by atoms with van der Waals surface area (Å²) in [5.74, 6) is -0.829. The second kappa shape index (κ2) is 12.0. The average Bonchev–Trinajstić information content (AvgIpc) is 3.12. The van der Waals surface area contributed by atoms with Crippen LogP contribution in [-0.4, -0.2) is 59.4 Å². The number of aliphatic hydroxyl groups excluding tert-OH is 1. The SMILES string of the molecule is C=CCOc1cccc(C2C(C(=O)/C=C/c3ccccc3)=C(O)C(=O)N2CCN(CC)CC)c1. The van der Waals surface area contributed by atoms with Crippen molar-refractivity contribution in [3.8, 4) is 5.75 Å². The minimum atomic E-state index is -0.705. The third-order valence-electron chi connectivity index (χ3n) is 5.89. The van der Waals surface area contributed by atoms with Crippen molar-refractivity contribution >= 4 is 17.8 Å². The number of aliphatic hydroxyl groups is 1. The summed E-state index contributed by atoms with van der Waals surface area (Å²) in [5, 5.41) is 10.8. The second-order valence-corrected chi connectivity index (χ2v) is 7.97. The molecule has 34 heavy (non-hydrogen) atoms. The van der Waals surface area contributed by atoms with Crippen LogP contribution in [-0.2, 0) is 9.59 Å². The fourth-order valence-electron chi connectivity index (χ4n) is 4.03. The summed E-state index contributed by atoms with van der Waals surface area (Å²) in [5.41, 5.74) is 1.64. The lowest BCUT2D eigenvalue weighted by molar-refractivity contribution is -0.129. The van der Waals surface area contributed by atoms with Crippen molar-refractivity contribution in [2.24, 2.45) is 0 Å². The molecule has 1 heterocycles. The molecule has 0 aliphatic carbocycles. The van der Waals surface area contributed by atoms with Crippen LogP contribution in [0.5, 0.6) is 5.75 Å². The molecular weight excluding hydrogens is 428 g/mol. The fraction of sp³-hybridized carbons (Fsp3) is 0.286. The molecule has 0 bridgehead atoms. The van der Waals surface area contributed by atoms with Crippen LogP contribution in [0, 0.1) is 0 Å². The largest absolute Gasteiger partial charge is 0.503 e. The molecule has 0 radical (unpaired) electrons. The lowest BCUT2D eigenvalue weighted by Gasteiger charge is -2.29. The molecule has 1 amide bonds. The molecule has 2 aromatic rings. The first-order chi connectivity index (χ1) is 16.5. The summed E-state index contributed by atoms with van der Waals surface area (Å²) in [6.07, 6.45) is 4.75. The third kappa shape index (κ3) is 5.83. The van der Waals surface area contributed by atoms with Gasteiger partial charge in [-0.3, -0.25) is 9.59 Å². The second-order valence-electron chi connectivity index (χ2n) is 7.97. The quantitative estimate of drug-likeness (QED) is 0.371. The summed E-state index contributed by atoms with van der Waals surface area (Å²) in [7, 11) is 0. The first-order valence-electron chi connectivity index (χ1n) is 11.6. The Morgan fingerprint density at radius 2 is 1.88 bits per heavy atom. The van der Waals surface area contributed by atoms with Gasteiger partial charge >= 0.3 is 0 Å². The molecule has 1 unspecified atom stereocenters.